The van der Waals surface area contributed by atoms with Gasteiger partial charge in [-0.15, -0.1) is 0 Å². The number of carbonyl (C=O) groups is 2. The number of anilines is 1. The highest BCUT2D eigenvalue weighted by Gasteiger charge is 2.33. The first kappa shape index (κ1) is 25.0. The van der Waals surface area contributed by atoms with E-state index in [2.05, 4.69) is 5.32 Å². The maximum Gasteiger partial charge on any atom is 0.252 e. The van der Waals surface area contributed by atoms with Gasteiger partial charge < -0.3 is 5.32 Å². The van der Waals surface area contributed by atoms with E-state index in [-0.39, 0.29) is 17.9 Å². The number of rotatable bonds is 7. The summed E-state index contributed by atoms with van der Waals surface area (Å²) in [6.45, 7) is 0. The Bertz CT molecular complexity index is 1160. The zero-order chi connectivity index (χ0) is 24.6. The molecule has 0 heterocycles. The van der Waals surface area contributed by atoms with Crippen LogP contribution in [-0.2, 0) is 9.59 Å². The molecule has 1 aliphatic rings. The zero-order valence-electron chi connectivity index (χ0n) is 19.4. The van der Waals surface area contributed by atoms with Crippen molar-refractivity contribution in [3.05, 3.63) is 106 Å². The van der Waals surface area contributed by atoms with Gasteiger partial charge in [-0.1, -0.05) is 84.9 Å². The summed E-state index contributed by atoms with van der Waals surface area (Å²) >= 11 is 12.3. The standard InChI is InChI=1S/C29H28Cl2N2O2/c30-23-14-12-22(13-15-23)28(29(35)32-25-9-5-2-6-10-25)33(26-18-16-24(31)17-19-26)27(34)20-11-21-7-3-1-4-8-21/h1,3-4,7-8,11-20,25,28H,2,5-6,9-10H2,(H,32,35)/b20-11+. The molecule has 0 aromatic heterocycles. The topological polar surface area (TPSA) is 49.4 Å². The first-order chi connectivity index (χ1) is 17.0. The molecular formula is C29H28Cl2N2O2. The van der Waals surface area contributed by atoms with Gasteiger partial charge in [-0.2, -0.15) is 0 Å². The van der Waals surface area contributed by atoms with Crippen molar-refractivity contribution in [2.75, 3.05) is 4.90 Å². The number of carbonyl (C=O) groups excluding carboxylic acids is 2. The normalized spacial score (nSPS) is 15.0. The van der Waals surface area contributed by atoms with Crippen LogP contribution in [0.25, 0.3) is 6.08 Å². The second-order valence-electron chi connectivity index (χ2n) is 8.73. The number of nitrogens with zero attached hydrogens (tertiary/aromatic N) is 1. The summed E-state index contributed by atoms with van der Waals surface area (Å²) in [4.78, 5) is 29.0. The number of halogens is 2. The monoisotopic (exact) mass is 506 g/mol. The van der Waals surface area contributed by atoms with Gasteiger partial charge in [-0.3, -0.25) is 14.5 Å². The number of benzene rings is 3. The van der Waals surface area contributed by atoms with Crippen molar-refractivity contribution in [2.24, 2.45) is 0 Å². The molecule has 0 bridgehead atoms. The van der Waals surface area contributed by atoms with Crippen molar-refractivity contribution in [1.82, 2.24) is 5.32 Å². The van der Waals surface area contributed by atoms with Crippen LogP contribution in [0, 0.1) is 0 Å². The smallest absolute Gasteiger partial charge is 0.252 e. The molecule has 3 aromatic carbocycles. The highest BCUT2D eigenvalue weighted by Crippen LogP contribution is 2.31. The molecule has 6 heteroatoms. The van der Waals surface area contributed by atoms with E-state index in [0.29, 0.717) is 21.3 Å². The Balaban J connectivity index is 1.74. The number of hydrogen-bond donors (Lipinski definition) is 1. The van der Waals surface area contributed by atoms with E-state index in [0.717, 1.165) is 31.2 Å². The summed E-state index contributed by atoms with van der Waals surface area (Å²) in [5.74, 6) is -0.523. The zero-order valence-corrected chi connectivity index (χ0v) is 20.9. The molecule has 4 nitrogen and oxygen atoms in total. The molecule has 180 valence electrons. The summed E-state index contributed by atoms with van der Waals surface area (Å²) in [5, 5.41) is 4.32. The third-order valence-electron chi connectivity index (χ3n) is 6.20. The molecule has 1 saturated carbocycles. The fraction of sp³-hybridized carbons (Fsp3) is 0.241. The Hall–Kier alpha value is -3.08. The Morgan fingerprint density at radius 2 is 1.43 bits per heavy atom. The van der Waals surface area contributed by atoms with Crippen molar-refractivity contribution in [3.8, 4) is 0 Å². The van der Waals surface area contributed by atoms with Crippen LogP contribution in [0.5, 0.6) is 0 Å². The van der Waals surface area contributed by atoms with Gasteiger partial charge in [0.1, 0.15) is 6.04 Å². The maximum atomic E-state index is 13.8. The highest BCUT2D eigenvalue weighted by molar-refractivity contribution is 6.31. The summed E-state index contributed by atoms with van der Waals surface area (Å²) in [6, 6.07) is 22.8. The van der Waals surface area contributed by atoms with Crippen molar-refractivity contribution < 1.29 is 9.59 Å². The molecule has 3 aromatic rings. The molecule has 1 aliphatic carbocycles. The summed E-state index contributed by atoms with van der Waals surface area (Å²) in [7, 11) is 0. The van der Waals surface area contributed by atoms with Gasteiger partial charge in [-0.05, 0) is 66.4 Å². The van der Waals surface area contributed by atoms with E-state index in [1.807, 2.05) is 30.3 Å². The van der Waals surface area contributed by atoms with Crippen LogP contribution in [-0.4, -0.2) is 17.9 Å². The Morgan fingerprint density at radius 3 is 2.06 bits per heavy atom. The van der Waals surface area contributed by atoms with E-state index < -0.39 is 6.04 Å². The molecule has 1 atom stereocenters. The van der Waals surface area contributed by atoms with Gasteiger partial charge >= 0.3 is 0 Å². The molecule has 1 fully saturated rings. The lowest BCUT2D eigenvalue weighted by molar-refractivity contribution is -0.126. The van der Waals surface area contributed by atoms with Crippen LogP contribution < -0.4 is 10.2 Å². The molecule has 1 N–H and O–H groups in total. The van der Waals surface area contributed by atoms with Crippen molar-refractivity contribution in [1.29, 1.82) is 0 Å². The average Bonchev–Trinajstić information content (AvgIpc) is 2.88. The van der Waals surface area contributed by atoms with Gasteiger partial charge in [0.05, 0.1) is 0 Å². The van der Waals surface area contributed by atoms with E-state index in [9.17, 15) is 9.59 Å². The molecule has 1 unspecified atom stereocenters. The molecule has 0 saturated heterocycles. The average molecular weight is 507 g/mol. The fourth-order valence-corrected chi connectivity index (χ4v) is 4.66. The van der Waals surface area contributed by atoms with Crippen LogP contribution in [0.3, 0.4) is 0 Å². The summed E-state index contributed by atoms with van der Waals surface area (Å²) in [6.07, 6.45) is 8.52. The van der Waals surface area contributed by atoms with E-state index >= 15 is 0 Å². The molecular weight excluding hydrogens is 479 g/mol. The molecule has 0 radical (unpaired) electrons. The lowest BCUT2D eigenvalue weighted by Crippen LogP contribution is -2.47. The molecule has 2 amide bonds. The maximum absolute atomic E-state index is 13.8. The van der Waals surface area contributed by atoms with Crippen LogP contribution in [0.2, 0.25) is 10.0 Å². The SMILES string of the molecule is O=C(NC1CCCCC1)C(c1ccc(Cl)cc1)N(C(=O)/C=C/c1ccccc1)c1ccc(Cl)cc1. The number of hydrogen-bond acceptors (Lipinski definition) is 2. The second-order valence-corrected chi connectivity index (χ2v) is 9.60. The van der Waals surface area contributed by atoms with Crippen LogP contribution in [0.4, 0.5) is 5.69 Å². The molecule has 0 spiro atoms. The first-order valence-electron chi connectivity index (χ1n) is 11.9. The third kappa shape index (κ3) is 6.74. The van der Waals surface area contributed by atoms with Crippen LogP contribution in [0.1, 0.15) is 49.3 Å². The fourth-order valence-electron chi connectivity index (χ4n) is 4.41. The highest BCUT2D eigenvalue weighted by atomic mass is 35.5. The molecule has 4 rings (SSSR count). The minimum absolute atomic E-state index is 0.105. The Kier molecular flexibility index (Phi) is 8.62. The van der Waals surface area contributed by atoms with Gasteiger partial charge in [0.15, 0.2) is 0 Å². The Labute approximate surface area is 216 Å². The van der Waals surface area contributed by atoms with Crippen molar-refractivity contribution >= 4 is 46.8 Å². The quantitative estimate of drug-likeness (QED) is 0.343. The van der Waals surface area contributed by atoms with E-state index in [1.165, 1.54) is 17.4 Å². The summed E-state index contributed by atoms with van der Waals surface area (Å²) < 4.78 is 0. The van der Waals surface area contributed by atoms with Gasteiger partial charge in [0.2, 0.25) is 5.91 Å². The summed E-state index contributed by atoms with van der Waals surface area (Å²) in [5.41, 5.74) is 2.15. The largest absolute Gasteiger partial charge is 0.351 e. The molecule has 35 heavy (non-hydrogen) atoms. The van der Waals surface area contributed by atoms with E-state index in [1.54, 1.807) is 54.6 Å². The third-order valence-corrected chi connectivity index (χ3v) is 6.71. The number of amides is 2. The molecule has 0 aliphatic heterocycles. The van der Waals surface area contributed by atoms with Gasteiger partial charge in [0, 0.05) is 27.9 Å². The predicted octanol–water partition coefficient (Wildman–Crippen LogP) is 7.23. The lowest BCUT2D eigenvalue weighted by Gasteiger charge is -2.33. The van der Waals surface area contributed by atoms with Gasteiger partial charge in [-0.25, -0.2) is 0 Å². The van der Waals surface area contributed by atoms with E-state index in [4.69, 9.17) is 23.2 Å². The Morgan fingerprint density at radius 1 is 0.829 bits per heavy atom. The van der Waals surface area contributed by atoms with Crippen LogP contribution >= 0.6 is 23.2 Å². The van der Waals surface area contributed by atoms with Crippen molar-refractivity contribution in [3.63, 3.8) is 0 Å². The first-order valence-corrected chi connectivity index (χ1v) is 12.6. The number of nitrogens with one attached hydrogen (secondary N) is 1. The van der Waals surface area contributed by atoms with Crippen molar-refractivity contribution in [2.45, 2.75) is 44.2 Å². The lowest BCUT2D eigenvalue weighted by atomic mass is 9.94. The predicted molar refractivity (Wildman–Crippen MR) is 144 cm³/mol. The van der Waals surface area contributed by atoms with Crippen LogP contribution in [0.15, 0.2) is 84.9 Å². The minimum atomic E-state index is -0.872. The minimum Gasteiger partial charge on any atom is -0.351 e. The second kappa shape index (κ2) is 12.1. The van der Waals surface area contributed by atoms with Gasteiger partial charge in [0.25, 0.3) is 5.91 Å².